The normalized spacial score (nSPS) is 11.6. The average Bonchev–Trinajstić information content (AvgIpc) is 2.90. The first-order valence-corrected chi connectivity index (χ1v) is 8.31. The lowest BCUT2D eigenvalue weighted by Crippen LogP contribution is -2.07. The molecule has 0 fully saturated rings. The molecule has 0 radical (unpaired) electrons. The number of hydrogen-bond acceptors (Lipinski definition) is 5. The summed E-state index contributed by atoms with van der Waals surface area (Å²) in [4.78, 5) is 19.3. The Balaban J connectivity index is 2.37. The minimum atomic E-state index is -3.78. The van der Waals surface area contributed by atoms with Crippen molar-refractivity contribution in [3.63, 3.8) is 0 Å². The van der Waals surface area contributed by atoms with E-state index in [-0.39, 0.29) is 20.7 Å². The zero-order valence-electron chi connectivity index (χ0n) is 12.5. The van der Waals surface area contributed by atoms with Gasteiger partial charge >= 0.3 is 5.97 Å². The second-order valence-corrected chi connectivity index (χ2v) is 6.88. The maximum Gasteiger partial charge on any atom is 0.340 e. The van der Waals surface area contributed by atoms with Crippen molar-refractivity contribution in [2.75, 3.05) is 7.11 Å². The van der Waals surface area contributed by atoms with E-state index in [2.05, 4.69) is 9.97 Å². The Kier molecular flexibility index (Phi) is 3.65. The zero-order chi connectivity index (χ0) is 16.6. The van der Waals surface area contributed by atoms with Crippen molar-refractivity contribution < 1.29 is 17.9 Å². The van der Waals surface area contributed by atoms with E-state index in [1.807, 2.05) is 0 Å². The Hall–Kier alpha value is -2.67. The Morgan fingerprint density at radius 3 is 2.52 bits per heavy atom. The number of sulfone groups is 1. The van der Waals surface area contributed by atoms with Crippen molar-refractivity contribution in [1.82, 2.24) is 9.97 Å². The lowest BCUT2D eigenvalue weighted by molar-refractivity contribution is 0.0602. The summed E-state index contributed by atoms with van der Waals surface area (Å²) in [6, 6.07) is 9.45. The molecular weight excluding hydrogens is 316 g/mol. The Morgan fingerprint density at radius 2 is 1.87 bits per heavy atom. The van der Waals surface area contributed by atoms with Gasteiger partial charge in [0, 0.05) is 11.9 Å². The van der Waals surface area contributed by atoms with Gasteiger partial charge in [-0.05, 0) is 25.1 Å². The number of esters is 1. The third-order valence-electron chi connectivity index (χ3n) is 3.58. The van der Waals surface area contributed by atoms with E-state index in [0.717, 1.165) is 0 Å². The molecule has 0 spiro atoms. The summed E-state index contributed by atoms with van der Waals surface area (Å²) < 4.78 is 30.6. The Morgan fingerprint density at radius 1 is 1.17 bits per heavy atom. The quantitative estimate of drug-likeness (QED) is 0.745. The van der Waals surface area contributed by atoms with Gasteiger partial charge in [-0.15, -0.1) is 0 Å². The van der Waals surface area contributed by atoms with Gasteiger partial charge in [0.25, 0.3) is 0 Å². The van der Waals surface area contributed by atoms with Crippen molar-refractivity contribution in [2.24, 2.45) is 0 Å². The van der Waals surface area contributed by atoms with Crippen LogP contribution in [0.3, 0.4) is 0 Å². The minimum absolute atomic E-state index is 0.0263. The molecule has 0 saturated carbocycles. The maximum atomic E-state index is 12.9. The van der Waals surface area contributed by atoms with Crippen molar-refractivity contribution in [1.29, 1.82) is 0 Å². The summed E-state index contributed by atoms with van der Waals surface area (Å²) in [6.07, 6.45) is 1.40. The molecule has 0 aliphatic carbocycles. The van der Waals surface area contributed by atoms with Crippen LogP contribution >= 0.6 is 0 Å². The standard InChI is InChI=1S/C16H14N2O4S/c1-10-13(16(19)22-2)14-12(8-9-17-15(14)18-10)23(20,21)11-6-4-3-5-7-11/h3-9H,1-2H3,(H,17,18). The number of fused-ring (bicyclic) bond motifs is 1. The third kappa shape index (κ3) is 2.39. The number of H-pyrrole nitrogens is 1. The molecule has 7 heteroatoms. The van der Waals surface area contributed by atoms with Crippen LogP contribution in [0.2, 0.25) is 0 Å². The number of carbonyl (C=O) groups is 1. The number of nitrogens with zero attached hydrogens (tertiary/aromatic N) is 1. The van der Waals surface area contributed by atoms with Crippen molar-refractivity contribution in [2.45, 2.75) is 16.7 Å². The Labute approximate surface area is 133 Å². The van der Waals surface area contributed by atoms with E-state index < -0.39 is 15.8 Å². The van der Waals surface area contributed by atoms with Gasteiger partial charge < -0.3 is 9.72 Å². The van der Waals surface area contributed by atoms with Crippen LogP contribution in [0.5, 0.6) is 0 Å². The maximum absolute atomic E-state index is 12.9. The molecule has 0 aliphatic heterocycles. The largest absolute Gasteiger partial charge is 0.465 e. The fraction of sp³-hybridized carbons (Fsp3) is 0.125. The highest BCUT2D eigenvalue weighted by atomic mass is 32.2. The molecule has 2 aromatic heterocycles. The van der Waals surface area contributed by atoms with Gasteiger partial charge in [-0.1, -0.05) is 18.2 Å². The van der Waals surface area contributed by atoms with Crippen LogP contribution in [0.1, 0.15) is 16.1 Å². The number of methoxy groups -OCH3 is 1. The molecule has 6 nitrogen and oxygen atoms in total. The van der Waals surface area contributed by atoms with Gasteiger partial charge in [0.05, 0.1) is 27.9 Å². The summed E-state index contributed by atoms with van der Waals surface area (Å²) in [5.41, 5.74) is 1.03. The summed E-state index contributed by atoms with van der Waals surface area (Å²) in [5, 5.41) is 0.251. The first-order valence-electron chi connectivity index (χ1n) is 6.82. The number of aromatic nitrogens is 2. The van der Waals surface area contributed by atoms with E-state index in [1.165, 1.54) is 31.5 Å². The van der Waals surface area contributed by atoms with Crippen LogP contribution in [0.15, 0.2) is 52.4 Å². The SMILES string of the molecule is COC(=O)c1c(C)[nH]c2nccc(S(=O)(=O)c3ccccc3)c12. The molecular formula is C16H14N2O4S. The molecule has 0 amide bonds. The fourth-order valence-corrected chi connectivity index (χ4v) is 3.99. The molecule has 3 aromatic rings. The minimum Gasteiger partial charge on any atom is -0.465 e. The number of benzene rings is 1. The first kappa shape index (κ1) is 15.2. The molecule has 1 aromatic carbocycles. The molecule has 2 heterocycles. The van der Waals surface area contributed by atoms with E-state index in [0.29, 0.717) is 11.3 Å². The number of pyridine rings is 1. The van der Waals surface area contributed by atoms with Crippen molar-refractivity contribution >= 4 is 26.8 Å². The molecule has 0 saturated heterocycles. The topological polar surface area (TPSA) is 89.1 Å². The fourth-order valence-electron chi connectivity index (χ4n) is 2.52. The Bertz CT molecular complexity index is 992. The van der Waals surface area contributed by atoms with Crippen LogP contribution in [0.4, 0.5) is 0 Å². The lowest BCUT2D eigenvalue weighted by atomic mass is 10.2. The molecule has 0 bridgehead atoms. The molecule has 23 heavy (non-hydrogen) atoms. The van der Waals surface area contributed by atoms with Crippen LogP contribution in [-0.4, -0.2) is 31.5 Å². The van der Waals surface area contributed by atoms with E-state index in [4.69, 9.17) is 4.74 Å². The summed E-state index contributed by atoms with van der Waals surface area (Å²) in [7, 11) is -2.53. The number of rotatable bonds is 3. The highest BCUT2D eigenvalue weighted by Gasteiger charge is 2.27. The molecule has 0 unspecified atom stereocenters. The monoisotopic (exact) mass is 330 g/mol. The molecule has 1 N–H and O–H groups in total. The smallest absolute Gasteiger partial charge is 0.340 e. The number of nitrogens with one attached hydrogen (secondary N) is 1. The molecule has 118 valence electrons. The van der Waals surface area contributed by atoms with Gasteiger partial charge in [-0.2, -0.15) is 0 Å². The van der Waals surface area contributed by atoms with E-state index >= 15 is 0 Å². The predicted octanol–water partition coefficient (Wildman–Crippen LogP) is 2.49. The number of hydrogen-bond donors (Lipinski definition) is 1. The number of carbonyl (C=O) groups excluding carboxylic acids is 1. The van der Waals surface area contributed by atoms with Gasteiger partial charge in [0.15, 0.2) is 0 Å². The zero-order valence-corrected chi connectivity index (χ0v) is 13.3. The summed E-state index contributed by atoms with van der Waals surface area (Å²) in [6.45, 7) is 1.67. The highest BCUT2D eigenvalue weighted by Crippen LogP contribution is 2.31. The van der Waals surface area contributed by atoms with Gasteiger partial charge in [-0.3, -0.25) is 0 Å². The number of aromatic amines is 1. The average molecular weight is 330 g/mol. The summed E-state index contributed by atoms with van der Waals surface area (Å²) >= 11 is 0. The van der Waals surface area contributed by atoms with Crippen molar-refractivity contribution in [3.05, 3.63) is 53.9 Å². The van der Waals surface area contributed by atoms with Gasteiger partial charge in [0.1, 0.15) is 5.65 Å². The van der Waals surface area contributed by atoms with Gasteiger partial charge in [0.2, 0.25) is 9.84 Å². The summed E-state index contributed by atoms with van der Waals surface area (Å²) in [5.74, 6) is -0.605. The van der Waals surface area contributed by atoms with Crippen LogP contribution in [-0.2, 0) is 14.6 Å². The van der Waals surface area contributed by atoms with E-state index in [9.17, 15) is 13.2 Å². The van der Waals surface area contributed by atoms with Crippen LogP contribution < -0.4 is 0 Å². The predicted molar refractivity (Wildman–Crippen MR) is 84.1 cm³/mol. The van der Waals surface area contributed by atoms with E-state index in [1.54, 1.807) is 25.1 Å². The number of aryl methyl sites for hydroxylation is 1. The third-order valence-corrected chi connectivity index (χ3v) is 5.39. The first-order chi connectivity index (χ1) is 11.0. The van der Waals surface area contributed by atoms with Crippen LogP contribution in [0, 0.1) is 6.92 Å². The highest BCUT2D eigenvalue weighted by molar-refractivity contribution is 7.91. The second kappa shape index (κ2) is 5.51. The van der Waals surface area contributed by atoms with Crippen LogP contribution in [0.25, 0.3) is 11.0 Å². The molecule has 0 atom stereocenters. The molecule has 0 aliphatic rings. The molecule has 3 rings (SSSR count). The lowest BCUT2D eigenvalue weighted by Gasteiger charge is -2.07. The van der Waals surface area contributed by atoms with Gasteiger partial charge in [-0.25, -0.2) is 18.2 Å². The van der Waals surface area contributed by atoms with Crippen molar-refractivity contribution in [3.8, 4) is 0 Å². The number of ether oxygens (including phenoxy) is 1. The second-order valence-electron chi connectivity index (χ2n) is 4.97.